The van der Waals surface area contributed by atoms with Crippen LogP contribution in [0.3, 0.4) is 0 Å². The zero-order chi connectivity index (χ0) is 18.4. The molecule has 0 saturated carbocycles. The molecule has 0 saturated heterocycles. The first-order valence-electron chi connectivity index (χ1n) is 8.04. The van der Waals surface area contributed by atoms with Crippen molar-refractivity contribution in [2.24, 2.45) is 0 Å². The Labute approximate surface area is 150 Å². The zero-order valence-electron chi connectivity index (χ0n) is 14.2. The molecule has 132 valence electrons. The van der Waals surface area contributed by atoms with Gasteiger partial charge in [-0.3, -0.25) is 19.9 Å². The van der Waals surface area contributed by atoms with E-state index in [0.717, 1.165) is 11.3 Å². The first kappa shape index (κ1) is 17.3. The first-order valence-corrected chi connectivity index (χ1v) is 8.04. The van der Waals surface area contributed by atoms with Crippen molar-refractivity contribution in [2.45, 2.75) is 20.0 Å². The highest BCUT2D eigenvalue weighted by molar-refractivity contribution is 6.03. The largest absolute Gasteiger partial charge is 0.350 e. The number of nitrogens with zero attached hydrogens (tertiary/aromatic N) is 4. The van der Waals surface area contributed by atoms with Gasteiger partial charge in [-0.25, -0.2) is 9.67 Å². The monoisotopic (exact) mass is 350 g/mol. The van der Waals surface area contributed by atoms with Crippen LogP contribution in [0.15, 0.2) is 55.0 Å². The molecule has 0 radical (unpaired) electrons. The van der Waals surface area contributed by atoms with Gasteiger partial charge < -0.3 is 5.32 Å². The van der Waals surface area contributed by atoms with E-state index in [2.05, 4.69) is 25.7 Å². The molecule has 0 spiro atoms. The van der Waals surface area contributed by atoms with E-state index in [-0.39, 0.29) is 24.3 Å². The van der Waals surface area contributed by atoms with Gasteiger partial charge in [0.1, 0.15) is 12.9 Å². The minimum absolute atomic E-state index is 0.0157. The number of carbonyl (C=O) groups excluding carboxylic acids is 2. The van der Waals surface area contributed by atoms with Crippen LogP contribution >= 0.6 is 0 Å². The van der Waals surface area contributed by atoms with Crippen LogP contribution in [0.5, 0.6) is 0 Å². The van der Waals surface area contributed by atoms with E-state index >= 15 is 0 Å². The van der Waals surface area contributed by atoms with Gasteiger partial charge in [0.15, 0.2) is 0 Å². The number of benzene rings is 1. The minimum Gasteiger partial charge on any atom is -0.350 e. The van der Waals surface area contributed by atoms with Crippen LogP contribution in [-0.2, 0) is 17.9 Å². The molecule has 0 aliphatic rings. The number of pyridine rings is 1. The number of amides is 2. The van der Waals surface area contributed by atoms with Gasteiger partial charge in [-0.2, -0.15) is 0 Å². The third kappa shape index (κ3) is 4.73. The molecule has 0 bridgehead atoms. The molecule has 0 unspecified atom stereocenters. The lowest BCUT2D eigenvalue weighted by Gasteiger charge is -2.05. The summed E-state index contributed by atoms with van der Waals surface area (Å²) >= 11 is 0. The van der Waals surface area contributed by atoms with Crippen molar-refractivity contribution in [3.05, 3.63) is 71.8 Å². The van der Waals surface area contributed by atoms with Gasteiger partial charge in [0.05, 0.1) is 5.56 Å². The number of anilines is 1. The molecular weight excluding hydrogens is 332 g/mol. The van der Waals surface area contributed by atoms with E-state index < -0.39 is 0 Å². The summed E-state index contributed by atoms with van der Waals surface area (Å²) in [6.45, 7) is 2.30. The lowest BCUT2D eigenvalue weighted by molar-refractivity contribution is -0.122. The lowest BCUT2D eigenvalue weighted by Crippen LogP contribution is -2.27. The van der Waals surface area contributed by atoms with Crippen LogP contribution in [-0.4, -0.2) is 31.6 Å². The summed E-state index contributed by atoms with van der Waals surface area (Å²) in [5.74, 6) is -0.422. The van der Waals surface area contributed by atoms with Crippen LogP contribution < -0.4 is 10.6 Å². The summed E-state index contributed by atoms with van der Waals surface area (Å²) < 4.78 is 1.36. The Balaban J connectivity index is 1.51. The zero-order valence-corrected chi connectivity index (χ0v) is 14.2. The fraction of sp³-hybridized carbons (Fsp3) is 0.167. The van der Waals surface area contributed by atoms with E-state index in [0.29, 0.717) is 12.1 Å². The molecule has 8 nitrogen and oxygen atoms in total. The molecule has 0 aliphatic heterocycles. The predicted octanol–water partition coefficient (Wildman–Crippen LogP) is 1.55. The average Bonchev–Trinajstić information content (AvgIpc) is 3.08. The molecule has 1 aromatic carbocycles. The first-order chi connectivity index (χ1) is 12.6. The second kappa shape index (κ2) is 8.02. The minimum atomic E-state index is -0.358. The topological polar surface area (TPSA) is 102 Å². The summed E-state index contributed by atoms with van der Waals surface area (Å²) in [5.41, 5.74) is 2.25. The number of rotatable bonds is 6. The summed E-state index contributed by atoms with van der Waals surface area (Å²) in [7, 11) is 0. The number of nitrogens with one attached hydrogen (secondary N) is 2. The molecule has 0 fully saturated rings. The molecule has 26 heavy (non-hydrogen) atoms. The highest BCUT2D eigenvalue weighted by atomic mass is 16.2. The van der Waals surface area contributed by atoms with Crippen LogP contribution in [0.25, 0.3) is 0 Å². The highest BCUT2D eigenvalue weighted by Crippen LogP contribution is 2.04. The van der Waals surface area contributed by atoms with Gasteiger partial charge in [0.25, 0.3) is 5.91 Å². The molecule has 0 atom stereocenters. The molecule has 2 amide bonds. The van der Waals surface area contributed by atoms with E-state index in [9.17, 15) is 9.59 Å². The second-order valence-corrected chi connectivity index (χ2v) is 5.67. The molecule has 8 heteroatoms. The van der Waals surface area contributed by atoms with Crippen molar-refractivity contribution in [2.75, 3.05) is 5.32 Å². The maximum atomic E-state index is 12.1. The quantitative estimate of drug-likeness (QED) is 0.702. The van der Waals surface area contributed by atoms with Crippen molar-refractivity contribution in [3.63, 3.8) is 0 Å². The number of aryl methyl sites for hydroxylation is 1. The summed E-state index contributed by atoms with van der Waals surface area (Å²) in [6, 6.07) is 13.0. The molecule has 3 aromatic rings. The summed E-state index contributed by atoms with van der Waals surface area (Å²) in [5, 5.41) is 9.46. The standard InChI is InChI=1S/C18H18N6O2/c1-13-7-8-15(10-19-13)17(26)22-18-21-12-24(23-18)11-16(25)20-9-14-5-3-2-4-6-14/h2-8,10,12H,9,11H2,1H3,(H,20,25)(H,22,23,26). The Morgan fingerprint density at radius 2 is 1.88 bits per heavy atom. The number of aromatic nitrogens is 4. The fourth-order valence-corrected chi connectivity index (χ4v) is 2.20. The molecular formula is C18H18N6O2. The Morgan fingerprint density at radius 3 is 2.62 bits per heavy atom. The Morgan fingerprint density at radius 1 is 1.08 bits per heavy atom. The molecule has 2 N–H and O–H groups in total. The maximum Gasteiger partial charge on any atom is 0.259 e. The smallest absolute Gasteiger partial charge is 0.259 e. The predicted molar refractivity (Wildman–Crippen MR) is 95.2 cm³/mol. The lowest BCUT2D eigenvalue weighted by atomic mass is 10.2. The van der Waals surface area contributed by atoms with Gasteiger partial charge in [-0.05, 0) is 24.6 Å². The molecule has 0 aliphatic carbocycles. The van der Waals surface area contributed by atoms with Crippen molar-refractivity contribution < 1.29 is 9.59 Å². The summed E-state index contributed by atoms with van der Waals surface area (Å²) in [4.78, 5) is 32.1. The third-order valence-electron chi connectivity index (χ3n) is 3.57. The maximum absolute atomic E-state index is 12.1. The Kier molecular flexibility index (Phi) is 5.33. The second-order valence-electron chi connectivity index (χ2n) is 5.67. The fourth-order valence-electron chi connectivity index (χ4n) is 2.20. The van der Waals surface area contributed by atoms with Crippen molar-refractivity contribution in [1.82, 2.24) is 25.1 Å². The van der Waals surface area contributed by atoms with E-state index in [1.54, 1.807) is 12.1 Å². The molecule has 2 heterocycles. The van der Waals surface area contributed by atoms with E-state index in [1.807, 2.05) is 37.3 Å². The van der Waals surface area contributed by atoms with Gasteiger partial charge >= 0.3 is 0 Å². The Hall–Kier alpha value is -3.55. The van der Waals surface area contributed by atoms with Crippen molar-refractivity contribution in [1.29, 1.82) is 0 Å². The highest BCUT2D eigenvalue weighted by Gasteiger charge is 2.11. The summed E-state index contributed by atoms with van der Waals surface area (Å²) in [6.07, 6.45) is 2.88. The van der Waals surface area contributed by atoms with Gasteiger partial charge in [-0.1, -0.05) is 30.3 Å². The van der Waals surface area contributed by atoms with E-state index in [4.69, 9.17) is 0 Å². The van der Waals surface area contributed by atoms with Crippen molar-refractivity contribution in [3.8, 4) is 0 Å². The van der Waals surface area contributed by atoms with Crippen molar-refractivity contribution >= 4 is 17.8 Å². The van der Waals surface area contributed by atoms with Gasteiger partial charge in [0, 0.05) is 18.4 Å². The normalized spacial score (nSPS) is 10.3. The van der Waals surface area contributed by atoms with Gasteiger partial charge in [-0.15, -0.1) is 5.10 Å². The number of hydrogen-bond acceptors (Lipinski definition) is 5. The van der Waals surface area contributed by atoms with Crippen LogP contribution in [0.4, 0.5) is 5.95 Å². The number of carbonyl (C=O) groups is 2. The van der Waals surface area contributed by atoms with E-state index in [1.165, 1.54) is 17.2 Å². The SMILES string of the molecule is Cc1ccc(C(=O)Nc2ncn(CC(=O)NCc3ccccc3)n2)cn1. The third-order valence-corrected chi connectivity index (χ3v) is 3.57. The van der Waals surface area contributed by atoms with Gasteiger partial charge in [0.2, 0.25) is 11.9 Å². The molecule has 2 aromatic heterocycles. The average molecular weight is 350 g/mol. The molecule has 3 rings (SSSR count). The Bertz CT molecular complexity index is 890. The number of hydrogen-bond donors (Lipinski definition) is 2. The van der Waals surface area contributed by atoms with Crippen LogP contribution in [0.2, 0.25) is 0 Å². The van der Waals surface area contributed by atoms with Crippen LogP contribution in [0.1, 0.15) is 21.6 Å². The van der Waals surface area contributed by atoms with Crippen LogP contribution in [0, 0.1) is 6.92 Å².